The van der Waals surface area contributed by atoms with E-state index in [1.165, 1.54) is 10.9 Å². The summed E-state index contributed by atoms with van der Waals surface area (Å²) in [6, 6.07) is 1.70. The van der Waals surface area contributed by atoms with Crippen LogP contribution in [0.25, 0.3) is 0 Å². The summed E-state index contributed by atoms with van der Waals surface area (Å²) in [6.45, 7) is 0. The fraction of sp³-hybridized carbons (Fsp3) is 0.222. The SMILES string of the molecule is Cn1ccc(NC(=O)c2c(N)cnn2C)n1. The van der Waals surface area contributed by atoms with Crippen molar-refractivity contribution in [3.8, 4) is 0 Å². The molecule has 0 spiro atoms. The highest BCUT2D eigenvalue weighted by molar-refractivity contribution is 6.05. The molecule has 0 aliphatic carbocycles. The average Bonchev–Trinajstić information content (AvgIpc) is 2.74. The van der Waals surface area contributed by atoms with E-state index >= 15 is 0 Å². The number of rotatable bonds is 2. The van der Waals surface area contributed by atoms with E-state index in [1.54, 1.807) is 31.0 Å². The minimum absolute atomic E-state index is 0.323. The molecule has 0 saturated heterocycles. The van der Waals surface area contributed by atoms with Crippen LogP contribution in [-0.4, -0.2) is 25.5 Å². The van der Waals surface area contributed by atoms with Crippen molar-refractivity contribution in [2.75, 3.05) is 11.1 Å². The lowest BCUT2D eigenvalue weighted by Crippen LogP contribution is -2.18. The van der Waals surface area contributed by atoms with Crippen molar-refractivity contribution in [1.29, 1.82) is 0 Å². The zero-order valence-electron chi connectivity index (χ0n) is 9.01. The quantitative estimate of drug-likeness (QED) is 0.744. The summed E-state index contributed by atoms with van der Waals surface area (Å²) in [5, 5.41) is 10.6. The predicted octanol–water partition coefficient (Wildman–Crippen LogP) is -0.0119. The van der Waals surface area contributed by atoms with Crippen LogP contribution in [-0.2, 0) is 14.1 Å². The minimum atomic E-state index is -0.323. The average molecular weight is 220 g/mol. The standard InChI is InChI=1S/C9H12N6O/c1-14-4-3-7(13-14)12-9(16)8-6(10)5-11-15(8)2/h3-5H,10H2,1-2H3,(H,12,13,16). The molecule has 3 N–H and O–H groups in total. The molecule has 7 heteroatoms. The molecule has 0 unspecified atom stereocenters. The van der Waals surface area contributed by atoms with Gasteiger partial charge in [0.15, 0.2) is 5.82 Å². The van der Waals surface area contributed by atoms with Crippen molar-refractivity contribution in [2.45, 2.75) is 0 Å². The van der Waals surface area contributed by atoms with Crippen molar-refractivity contribution >= 4 is 17.4 Å². The predicted molar refractivity (Wildman–Crippen MR) is 58.8 cm³/mol. The highest BCUT2D eigenvalue weighted by Gasteiger charge is 2.15. The topological polar surface area (TPSA) is 90.8 Å². The number of nitrogens with zero attached hydrogens (tertiary/aromatic N) is 4. The van der Waals surface area contributed by atoms with Gasteiger partial charge in [-0.05, 0) is 0 Å². The number of nitrogens with two attached hydrogens (primary N) is 1. The first kappa shape index (κ1) is 10.2. The van der Waals surface area contributed by atoms with Crippen LogP contribution in [0.15, 0.2) is 18.5 Å². The van der Waals surface area contributed by atoms with Crippen LogP contribution in [0.2, 0.25) is 0 Å². The zero-order valence-corrected chi connectivity index (χ0v) is 9.01. The Balaban J connectivity index is 2.21. The van der Waals surface area contributed by atoms with E-state index in [2.05, 4.69) is 15.5 Å². The van der Waals surface area contributed by atoms with Crippen LogP contribution in [0, 0.1) is 0 Å². The van der Waals surface area contributed by atoms with Crippen LogP contribution < -0.4 is 11.1 Å². The molecule has 7 nitrogen and oxygen atoms in total. The molecule has 2 heterocycles. The molecule has 0 atom stereocenters. The lowest BCUT2D eigenvalue weighted by atomic mass is 10.3. The number of anilines is 2. The molecule has 0 aliphatic rings. The molecular formula is C9H12N6O. The van der Waals surface area contributed by atoms with E-state index in [4.69, 9.17) is 5.73 Å². The Labute approximate surface area is 91.8 Å². The second-order valence-electron chi connectivity index (χ2n) is 3.40. The summed E-state index contributed by atoms with van der Waals surface area (Å²) in [5.74, 6) is 0.157. The number of aromatic nitrogens is 4. The second kappa shape index (κ2) is 3.69. The van der Waals surface area contributed by atoms with Gasteiger partial charge in [0.2, 0.25) is 0 Å². The van der Waals surface area contributed by atoms with E-state index < -0.39 is 0 Å². The molecule has 0 radical (unpaired) electrons. The zero-order chi connectivity index (χ0) is 11.7. The van der Waals surface area contributed by atoms with Crippen LogP contribution in [0.5, 0.6) is 0 Å². The Hall–Kier alpha value is -2.31. The first-order chi connectivity index (χ1) is 7.58. The maximum atomic E-state index is 11.8. The minimum Gasteiger partial charge on any atom is -0.396 e. The number of amides is 1. The highest BCUT2D eigenvalue weighted by atomic mass is 16.2. The van der Waals surface area contributed by atoms with E-state index in [0.29, 0.717) is 17.2 Å². The lowest BCUT2D eigenvalue weighted by molar-refractivity contribution is 0.101. The Morgan fingerprint density at radius 3 is 2.75 bits per heavy atom. The smallest absolute Gasteiger partial charge is 0.277 e. The summed E-state index contributed by atoms with van der Waals surface area (Å²) in [5.41, 5.74) is 6.30. The number of hydrogen-bond acceptors (Lipinski definition) is 4. The number of hydrogen-bond donors (Lipinski definition) is 2. The molecule has 1 amide bonds. The van der Waals surface area contributed by atoms with Gasteiger partial charge < -0.3 is 11.1 Å². The van der Waals surface area contributed by atoms with Crippen LogP contribution in [0.1, 0.15) is 10.5 Å². The Morgan fingerprint density at radius 1 is 1.50 bits per heavy atom. The van der Waals surface area contributed by atoms with Gasteiger partial charge in [0.05, 0.1) is 11.9 Å². The van der Waals surface area contributed by atoms with Crippen LogP contribution in [0.3, 0.4) is 0 Å². The van der Waals surface area contributed by atoms with E-state index in [9.17, 15) is 4.79 Å². The Bertz CT molecular complexity index is 506. The van der Waals surface area contributed by atoms with E-state index in [-0.39, 0.29) is 5.91 Å². The molecule has 0 fully saturated rings. The van der Waals surface area contributed by atoms with Gasteiger partial charge >= 0.3 is 0 Å². The Morgan fingerprint density at radius 2 is 2.25 bits per heavy atom. The second-order valence-corrected chi connectivity index (χ2v) is 3.40. The molecule has 84 valence electrons. The normalized spacial score (nSPS) is 10.4. The van der Waals surface area contributed by atoms with Gasteiger partial charge in [-0.25, -0.2) is 0 Å². The third kappa shape index (κ3) is 1.74. The maximum absolute atomic E-state index is 11.8. The Kier molecular flexibility index (Phi) is 2.35. The lowest BCUT2D eigenvalue weighted by Gasteiger charge is -2.03. The van der Waals surface area contributed by atoms with Gasteiger partial charge in [-0.15, -0.1) is 0 Å². The molecular weight excluding hydrogens is 208 g/mol. The van der Waals surface area contributed by atoms with Crippen molar-refractivity contribution in [3.05, 3.63) is 24.2 Å². The molecule has 2 aromatic heterocycles. The summed E-state index contributed by atoms with van der Waals surface area (Å²) in [7, 11) is 3.43. The first-order valence-corrected chi connectivity index (χ1v) is 4.66. The highest BCUT2D eigenvalue weighted by Crippen LogP contribution is 2.11. The van der Waals surface area contributed by atoms with E-state index in [0.717, 1.165) is 0 Å². The summed E-state index contributed by atoms with van der Waals surface area (Å²) >= 11 is 0. The van der Waals surface area contributed by atoms with Gasteiger partial charge in [0.25, 0.3) is 5.91 Å². The van der Waals surface area contributed by atoms with Crippen molar-refractivity contribution in [2.24, 2.45) is 14.1 Å². The molecule has 2 aromatic rings. The van der Waals surface area contributed by atoms with Crippen molar-refractivity contribution in [1.82, 2.24) is 19.6 Å². The summed E-state index contributed by atoms with van der Waals surface area (Å²) in [4.78, 5) is 11.8. The molecule has 2 rings (SSSR count). The molecule has 0 aromatic carbocycles. The largest absolute Gasteiger partial charge is 0.396 e. The monoisotopic (exact) mass is 220 g/mol. The molecule has 16 heavy (non-hydrogen) atoms. The number of aryl methyl sites for hydroxylation is 2. The molecule has 0 saturated carbocycles. The fourth-order valence-electron chi connectivity index (χ4n) is 1.39. The van der Waals surface area contributed by atoms with Crippen molar-refractivity contribution < 1.29 is 4.79 Å². The third-order valence-electron chi connectivity index (χ3n) is 2.14. The third-order valence-corrected chi connectivity index (χ3v) is 2.14. The van der Waals surface area contributed by atoms with Gasteiger partial charge in [0.1, 0.15) is 5.69 Å². The molecule has 0 bridgehead atoms. The van der Waals surface area contributed by atoms with Gasteiger partial charge in [0, 0.05) is 26.4 Å². The number of carbonyl (C=O) groups excluding carboxylic acids is 1. The number of nitrogens with one attached hydrogen (secondary N) is 1. The van der Waals surface area contributed by atoms with Gasteiger partial charge in [-0.3, -0.25) is 14.2 Å². The van der Waals surface area contributed by atoms with Crippen LogP contribution >= 0.6 is 0 Å². The maximum Gasteiger partial charge on any atom is 0.277 e. The summed E-state index contributed by atoms with van der Waals surface area (Å²) < 4.78 is 3.02. The first-order valence-electron chi connectivity index (χ1n) is 4.66. The van der Waals surface area contributed by atoms with Crippen LogP contribution in [0.4, 0.5) is 11.5 Å². The van der Waals surface area contributed by atoms with Gasteiger partial charge in [-0.2, -0.15) is 10.2 Å². The number of nitrogen functional groups attached to an aromatic ring is 1. The van der Waals surface area contributed by atoms with Gasteiger partial charge in [-0.1, -0.05) is 0 Å². The van der Waals surface area contributed by atoms with Crippen molar-refractivity contribution in [3.63, 3.8) is 0 Å². The number of carbonyl (C=O) groups is 1. The summed E-state index contributed by atoms with van der Waals surface area (Å²) in [6.07, 6.45) is 3.18. The molecule has 0 aliphatic heterocycles. The van der Waals surface area contributed by atoms with E-state index in [1.807, 2.05) is 0 Å². The fourth-order valence-corrected chi connectivity index (χ4v) is 1.39.